The molecule has 2 heteroatoms. The van der Waals surface area contributed by atoms with Gasteiger partial charge >= 0.3 is 0 Å². The highest BCUT2D eigenvalue weighted by molar-refractivity contribution is 5.45. The number of phenolic OH excluding ortho intramolecular Hbond substituents is 1. The third-order valence-electron chi connectivity index (χ3n) is 2.22. The van der Waals surface area contributed by atoms with Crippen molar-refractivity contribution in [3.63, 3.8) is 0 Å². The molecule has 0 fully saturated rings. The summed E-state index contributed by atoms with van der Waals surface area (Å²) < 4.78 is 0. The molecule has 0 amide bonds. The van der Waals surface area contributed by atoms with Crippen molar-refractivity contribution in [2.24, 2.45) is 5.73 Å². The number of aromatic hydroxyl groups is 1. The van der Waals surface area contributed by atoms with E-state index in [2.05, 4.69) is 0 Å². The second kappa shape index (κ2) is 3.15. The Balaban J connectivity index is 3.27. The number of phenols is 1. The van der Waals surface area contributed by atoms with Gasteiger partial charge in [0.2, 0.25) is 0 Å². The molecule has 0 aromatic heterocycles. The molecular weight excluding hydrogens is 150 g/mol. The molecular formula is C10H15NO. The van der Waals surface area contributed by atoms with Gasteiger partial charge in [0.15, 0.2) is 0 Å². The Morgan fingerprint density at radius 1 is 1.33 bits per heavy atom. The topological polar surface area (TPSA) is 46.2 Å². The molecule has 0 radical (unpaired) electrons. The first kappa shape index (κ1) is 9.07. The van der Waals surface area contributed by atoms with Crippen LogP contribution in [0.25, 0.3) is 0 Å². The molecule has 0 aliphatic carbocycles. The molecule has 0 heterocycles. The van der Waals surface area contributed by atoms with Crippen LogP contribution in [0.2, 0.25) is 0 Å². The van der Waals surface area contributed by atoms with E-state index in [-0.39, 0.29) is 6.04 Å². The van der Waals surface area contributed by atoms with Crippen LogP contribution in [-0.4, -0.2) is 5.11 Å². The van der Waals surface area contributed by atoms with Crippen molar-refractivity contribution in [1.29, 1.82) is 0 Å². The number of benzene rings is 1. The van der Waals surface area contributed by atoms with Crippen LogP contribution in [0.5, 0.6) is 5.75 Å². The Labute approximate surface area is 73.0 Å². The Hall–Kier alpha value is -1.02. The first-order valence-electron chi connectivity index (χ1n) is 4.08. The summed E-state index contributed by atoms with van der Waals surface area (Å²) in [5.41, 5.74) is 8.51. The van der Waals surface area contributed by atoms with Gasteiger partial charge in [-0.05, 0) is 31.9 Å². The minimum Gasteiger partial charge on any atom is -0.507 e. The summed E-state index contributed by atoms with van der Waals surface area (Å²) in [4.78, 5) is 0. The monoisotopic (exact) mass is 165 g/mol. The van der Waals surface area contributed by atoms with E-state index < -0.39 is 0 Å². The lowest BCUT2D eigenvalue weighted by Gasteiger charge is -2.11. The van der Waals surface area contributed by atoms with Crippen molar-refractivity contribution < 1.29 is 5.11 Å². The molecule has 1 atom stereocenters. The van der Waals surface area contributed by atoms with Gasteiger partial charge in [0.25, 0.3) is 0 Å². The average Bonchev–Trinajstić information content (AvgIpc) is 2.00. The summed E-state index contributed by atoms with van der Waals surface area (Å²) in [6.07, 6.45) is 0. The number of nitrogens with two attached hydrogens (primary N) is 1. The molecule has 0 bridgehead atoms. The smallest absolute Gasteiger partial charge is 0.123 e. The van der Waals surface area contributed by atoms with Crippen LogP contribution in [0.3, 0.4) is 0 Å². The molecule has 0 unspecified atom stereocenters. The van der Waals surface area contributed by atoms with Gasteiger partial charge in [0.05, 0.1) is 0 Å². The quantitative estimate of drug-likeness (QED) is 0.668. The largest absolute Gasteiger partial charge is 0.507 e. The summed E-state index contributed by atoms with van der Waals surface area (Å²) in [6.45, 7) is 5.74. The highest BCUT2D eigenvalue weighted by Crippen LogP contribution is 2.28. The molecule has 0 aliphatic heterocycles. The van der Waals surface area contributed by atoms with Crippen LogP contribution in [-0.2, 0) is 0 Å². The molecule has 1 aromatic carbocycles. The van der Waals surface area contributed by atoms with E-state index >= 15 is 0 Å². The van der Waals surface area contributed by atoms with Crippen LogP contribution in [0.1, 0.15) is 29.7 Å². The first-order chi connectivity index (χ1) is 5.54. The van der Waals surface area contributed by atoms with Gasteiger partial charge in [-0.1, -0.05) is 12.1 Å². The van der Waals surface area contributed by atoms with Gasteiger partial charge in [-0.3, -0.25) is 0 Å². The normalized spacial score (nSPS) is 13.0. The van der Waals surface area contributed by atoms with Gasteiger partial charge in [0.1, 0.15) is 5.75 Å². The Morgan fingerprint density at radius 2 is 1.92 bits per heavy atom. The minimum atomic E-state index is -0.107. The van der Waals surface area contributed by atoms with Crippen molar-refractivity contribution in [3.05, 3.63) is 28.8 Å². The molecule has 0 spiro atoms. The van der Waals surface area contributed by atoms with E-state index in [0.717, 1.165) is 16.7 Å². The van der Waals surface area contributed by atoms with Crippen molar-refractivity contribution in [1.82, 2.24) is 0 Å². The molecule has 0 saturated carbocycles. The van der Waals surface area contributed by atoms with Crippen molar-refractivity contribution in [3.8, 4) is 5.75 Å². The summed E-state index contributed by atoms with van der Waals surface area (Å²) in [7, 11) is 0. The standard InChI is InChI=1S/C10H15NO/c1-6-4-5-9(8(3)11)10(12)7(6)2/h4-5,8,12H,11H2,1-3H3/t8-/m0/s1. The maximum atomic E-state index is 9.67. The minimum absolute atomic E-state index is 0.107. The zero-order chi connectivity index (χ0) is 9.30. The summed E-state index contributed by atoms with van der Waals surface area (Å²) >= 11 is 0. The molecule has 3 N–H and O–H groups in total. The molecule has 0 saturated heterocycles. The van der Waals surface area contributed by atoms with Crippen LogP contribution in [0.4, 0.5) is 0 Å². The summed E-state index contributed by atoms with van der Waals surface area (Å²) in [5, 5.41) is 9.67. The number of hydrogen-bond donors (Lipinski definition) is 2. The lowest BCUT2D eigenvalue weighted by molar-refractivity contribution is 0.459. The third kappa shape index (κ3) is 1.43. The molecule has 12 heavy (non-hydrogen) atoms. The van der Waals surface area contributed by atoms with Crippen molar-refractivity contribution in [2.75, 3.05) is 0 Å². The van der Waals surface area contributed by atoms with E-state index in [4.69, 9.17) is 5.73 Å². The summed E-state index contributed by atoms with van der Waals surface area (Å²) in [5.74, 6) is 0.338. The van der Waals surface area contributed by atoms with Crippen molar-refractivity contribution >= 4 is 0 Å². The SMILES string of the molecule is Cc1ccc([C@H](C)N)c(O)c1C. The second-order valence-electron chi connectivity index (χ2n) is 3.23. The van der Waals surface area contributed by atoms with Gasteiger partial charge in [-0.25, -0.2) is 0 Å². The van der Waals surface area contributed by atoms with E-state index in [1.54, 1.807) is 0 Å². The van der Waals surface area contributed by atoms with E-state index in [1.807, 2.05) is 32.9 Å². The maximum Gasteiger partial charge on any atom is 0.123 e. The number of hydrogen-bond acceptors (Lipinski definition) is 2. The zero-order valence-corrected chi connectivity index (χ0v) is 7.76. The molecule has 2 nitrogen and oxygen atoms in total. The van der Waals surface area contributed by atoms with Crippen molar-refractivity contribution in [2.45, 2.75) is 26.8 Å². The molecule has 1 aromatic rings. The fraction of sp³-hybridized carbons (Fsp3) is 0.400. The number of rotatable bonds is 1. The third-order valence-corrected chi connectivity index (χ3v) is 2.22. The molecule has 0 aliphatic rings. The average molecular weight is 165 g/mol. The Bertz CT molecular complexity index is 292. The highest BCUT2D eigenvalue weighted by atomic mass is 16.3. The lowest BCUT2D eigenvalue weighted by Crippen LogP contribution is -2.05. The van der Waals surface area contributed by atoms with Crippen LogP contribution in [0.15, 0.2) is 12.1 Å². The fourth-order valence-electron chi connectivity index (χ4n) is 1.19. The zero-order valence-electron chi connectivity index (χ0n) is 7.76. The van der Waals surface area contributed by atoms with E-state index in [9.17, 15) is 5.11 Å². The predicted molar refractivity (Wildman–Crippen MR) is 50.2 cm³/mol. The first-order valence-corrected chi connectivity index (χ1v) is 4.08. The predicted octanol–water partition coefficient (Wildman–Crippen LogP) is 2.03. The Morgan fingerprint density at radius 3 is 2.42 bits per heavy atom. The van der Waals surface area contributed by atoms with Gasteiger partial charge in [0, 0.05) is 11.6 Å². The lowest BCUT2D eigenvalue weighted by atomic mass is 10.0. The Kier molecular flexibility index (Phi) is 2.38. The fourth-order valence-corrected chi connectivity index (χ4v) is 1.19. The van der Waals surface area contributed by atoms with E-state index in [0.29, 0.717) is 5.75 Å². The van der Waals surface area contributed by atoms with Crippen LogP contribution in [0, 0.1) is 13.8 Å². The molecule has 1 rings (SSSR count). The van der Waals surface area contributed by atoms with E-state index in [1.165, 1.54) is 0 Å². The van der Waals surface area contributed by atoms with Crippen LogP contribution >= 0.6 is 0 Å². The van der Waals surface area contributed by atoms with Gasteiger partial charge in [-0.15, -0.1) is 0 Å². The van der Waals surface area contributed by atoms with Gasteiger partial charge in [-0.2, -0.15) is 0 Å². The maximum absolute atomic E-state index is 9.67. The molecule has 66 valence electrons. The highest BCUT2D eigenvalue weighted by Gasteiger charge is 2.08. The number of aryl methyl sites for hydroxylation is 1. The summed E-state index contributed by atoms with van der Waals surface area (Å²) in [6, 6.07) is 3.75. The van der Waals surface area contributed by atoms with Crippen LogP contribution < -0.4 is 5.73 Å². The second-order valence-corrected chi connectivity index (χ2v) is 3.23. The van der Waals surface area contributed by atoms with Gasteiger partial charge < -0.3 is 10.8 Å².